The second-order valence-electron chi connectivity index (χ2n) is 8.21. The van der Waals surface area contributed by atoms with Gasteiger partial charge < -0.3 is 25.0 Å². The monoisotopic (exact) mass is 499 g/mol. The summed E-state index contributed by atoms with van der Waals surface area (Å²) in [5.74, 6) is 1.77. The molecule has 2 aliphatic rings. The summed E-state index contributed by atoms with van der Waals surface area (Å²) >= 11 is 2.87. The maximum absolute atomic E-state index is 12.9. The number of amides is 2. The maximum atomic E-state index is 12.9. The third-order valence-electron chi connectivity index (χ3n) is 6.09. The molecule has 1 saturated heterocycles. The lowest BCUT2D eigenvalue weighted by Gasteiger charge is -2.37. The molecule has 4 heterocycles. The number of nitrogen functional groups attached to an aromatic ring is 1. The Morgan fingerprint density at radius 1 is 1.12 bits per heavy atom. The van der Waals surface area contributed by atoms with Crippen molar-refractivity contribution >= 4 is 50.9 Å². The van der Waals surface area contributed by atoms with Gasteiger partial charge in [0.1, 0.15) is 17.3 Å². The first-order valence-corrected chi connectivity index (χ1v) is 12.8. The zero-order valence-corrected chi connectivity index (χ0v) is 20.6. The van der Waals surface area contributed by atoms with Crippen molar-refractivity contribution in [2.45, 2.75) is 25.1 Å². The highest BCUT2D eigenvalue weighted by molar-refractivity contribution is 7.99. The number of anilines is 1. The summed E-state index contributed by atoms with van der Waals surface area (Å²) in [4.78, 5) is 40.1. The summed E-state index contributed by atoms with van der Waals surface area (Å²) in [5.41, 5.74) is 7.25. The molecule has 178 valence electrons. The maximum Gasteiger partial charge on any atom is 0.267 e. The van der Waals surface area contributed by atoms with Gasteiger partial charge >= 0.3 is 0 Å². The fraction of sp³-hybridized carbons (Fsp3) is 0.391. The highest BCUT2D eigenvalue weighted by Crippen LogP contribution is 2.34. The number of fused-ring (bicyclic) bond motifs is 2. The van der Waals surface area contributed by atoms with Gasteiger partial charge in [-0.1, -0.05) is 23.9 Å². The van der Waals surface area contributed by atoms with Crippen LogP contribution in [0.15, 0.2) is 29.4 Å². The van der Waals surface area contributed by atoms with Crippen LogP contribution in [0.25, 0.3) is 10.2 Å². The summed E-state index contributed by atoms with van der Waals surface area (Å²) in [6, 6.07) is 7.32. The molecule has 0 radical (unpaired) electrons. The Morgan fingerprint density at radius 3 is 2.59 bits per heavy atom. The van der Waals surface area contributed by atoms with Gasteiger partial charge in [-0.05, 0) is 31.5 Å². The minimum absolute atomic E-state index is 0.0101. The molecule has 2 aromatic heterocycles. The number of aromatic nitrogens is 2. The number of nitrogens with two attached hydrogens (primary N) is 1. The Morgan fingerprint density at radius 2 is 1.82 bits per heavy atom. The Kier molecular flexibility index (Phi) is 6.22. The molecule has 9 nitrogen and oxygen atoms in total. The first kappa shape index (κ1) is 22.7. The van der Waals surface area contributed by atoms with Crippen molar-refractivity contribution in [3.8, 4) is 11.5 Å². The van der Waals surface area contributed by atoms with E-state index >= 15 is 0 Å². The van der Waals surface area contributed by atoms with Crippen LogP contribution in [-0.4, -0.2) is 76.2 Å². The van der Waals surface area contributed by atoms with E-state index in [1.54, 1.807) is 27.2 Å². The van der Waals surface area contributed by atoms with Crippen LogP contribution in [0.2, 0.25) is 0 Å². The summed E-state index contributed by atoms with van der Waals surface area (Å²) in [6.07, 6.45) is -0.672. The van der Waals surface area contributed by atoms with Crippen molar-refractivity contribution in [1.82, 2.24) is 19.8 Å². The number of ether oxygens (including phenoxy) is 2. The van der Waals surface area contributed by atoms with Gasteiger partial charge in [0, 0.05) is 31.1 Å². The van der Waals surface area contributed by atoms with Gasteiger partial charge in [-0.2, -0.15) is 0 Å². The van der Waals surface area contributed by atoms with Gasteiger partial charge in [0.15, 0.2) is 16.7 Å². The molecular weight excluding hydrogens is 474 g/mol. The first-order valence-electron chi connectivity index (χ1n) is 11.0. The zero-order chi connectivity index (χ0) is 23.8. The molecule has 2 amide bonds. The molecule has 0 saturated carbocycles. The van der Waals surface area contributed by atoms with Gasteiger partial charge in [-0.3, -0.25) is 9.59 Å². The Hall–Kier alpha value is -3.05. The molecule has 2 aliphatic heterocycles. The van der Waals surface area contributed by atoms with Crippen LogP contribution in [-0.2, 0) is 9.59 Å². The molecule has 2 N–H and O–H groups in total. The Bertz CT molecular complexity index is 1260. The second kappa shape index (κ2) is 9.30. The van der Waals surface area contributed by atoms with E-state index in [0.29, 0.717) is 48.7 Å². The van der Waals surface area contributed by atoms with Gasteiger partial charge in [0.05, 0.1) is 11.1 Å². The van der Waals surface area contributed by atoms with Crippen LogP contribution in [0.5, 0.6) is 11.5 Å². The lowest BCUT2D eigenvalue weighted by molar-refractivity contribution is -0.145. The number of benzene rings is 1. The number of nitrogens with zero attached hydrogens (tertiary/aromatic N) is 4. The van der Waals surface area contributed by atoms with Gasteiger partial charge in [0.2, 0.25) is 12.0 Å². The molecule has 3 aromatic rings. The second-order valence-corrected chi connectivity index (χ2v) is 10.4. The summed E-state index contributed by atoms with van der Waals surface area (Å²) in [5, 5.41) is 1.40. The zero-order valence-electron chi connectivity index (χ0n) is 18.9. The minimum Gasteiger partial charge on any atom is -0.485 e. The molecule has 1 atom stereocenters. The quantitative estimate of drug-likeness (QED) is 0.431. The van der Waals surface area contributed by atoms with E-state index in [0.717, 1.165) is 20.7 Å². The lowest BCUT2D eigenvalue weighted by atomic mass is 10.2. The summed E-state index contributed by atoms with van der Waals surface area (Å²) < 4.78 is 11.5. The van der Waals surface area contributed by atoms with Gasteiger partial charge in [0.25, 0.3) is 5.91 Å². The fourth-order valence-corrected chi connectivity index (χ4v) is 5.91. The average Bonchev–Trinajstić information content (AvgIpc) is 3.15. The lowest BCUT2D eigenvalue weighted by Crippen LogP contribution is -2.55. The van der Waals surface area contributed by atoms with Crippen molar-refractivity contribution in [2.75, 3.05) is 44.3 Å². The van der Waals surface area contributed by atoms with E-state index in [4.69, 9.17) is 15.2 Å². The van der Waals surface area contributed by atoms with E-state index in [9.17, 15) is 9.59 Å². The molecule has 5 rings (SSSR count). The van der Waals surface area contributed by atoms with E-state index < -0.39 is 6.10 Å². The molecule has 34 heavy (non-hydrogen) atoms. The molecule has 1 unspecified atom stereocenters. The number of aryl methyl sites for hydroxylation is 2. The number of thioether (sulfide) groups is 1. The van der Waals surface area contributed by atoms with Crippen molar-refractivity contribution in [3.63, 3.8) is 0 Å². The van der Waals surface area contributed by atoms with Crippen molar-refractivity contribution in [2.24, 2.45) is 0 Å². The van der Waals surface area contributed by atoms with Crippen molar-refractivity contribution < 1.29 is 19.1 Å². The number of para-hydroxylation sites is 2. The molecule has 11 heteroatoms. The topological polar surface area (TPSA) is 111 Å². The number of thiophene rings is 1. The standard InChI is InChI=1S/C23H25N5O4S2/c1-13-14(2)34-21-19(13)20(24)25-23(26-21)33-12-18(29)27-7-9-28(10-8-27)22(30)17-11-31-15-5-3-4-6-16(15)32-17/h3-6,17H,7-12H2,1-2H3,(H2,24,25,26). The largest absolute Gasteiger partial charge is 0.485 e. The average molecular weight is 500 g/mol. The Balaban J connectivity index is 1.14. The van der Waals surface area contributed by atoms with Crippen LogP contribution < -0.4 is 15.2 Å². The van der Waals surface area contributed by atoms with Crippen molar-refractivity contribution in [1.29, 1.82) is 0 Å². The van der Waals surface area contributed by atoms with E-state index in [-0.39, 0.29) is 24.2 Å². The van der Waals surface area contributed by atoms with Gasteiger partial charge in [-0.15, -0.1) is 11.3 Å². The summed E-state index contributed by atoms with van der Waals surface area (Å²) in [7, 11) is 0. The number of carbonyl (C=O) groups is 2. The predicted octanol–water partition coefficient (Wildman–Crippen LogP) is 2.49. The van der Waals surface area contributed by atoms with Crippen LogP contribution in [0.3, 0.4) is 0 Å². The van der Waals surface area contributed by atoms with Crippen molar-refractivity contribution in [3.05, 3.63) is 34.7 Å². The number of hydrogen-bond acceptors (Lipinski definition) is 9. The fourth-order valence-electron chi connectivity index (χ4n) is 4.06. The predicted molar refractivity (Wildman–Crippen MR) is 132 cm³/mol. The molecule has 0 bridgehead atoms. The Labute approximate surface area is 205 Å². The van der Waals surface area contributed by atoms with E-state index in [1.807, 2.05) is 32.0 Å². The molecule has 0 aliphatic carbocycles. The molecular formula is C23H25N5O4S2. The molecule has 1 fully saturated rings. The van der Waals surface area contributed by atoms with Crippen LogP contribution in [0.1, 0.15) is 10.4 Å². The number of rotatable bonds is 4. The summed E-state index contributed by atoms with van der Waals surface area (Å²) in [6.45, 7) is 6.10. The van der Waals surface area contributed by atoms with Crippen LogP contribution in [0.4, 0.5) is 5.82 Å². The SMILES string of the molecule is Cc1sc2nc(SCC(=O)N3CCN(C(=O)C4COc5ccccc5O4)CC3)nc(N)c2c1C. The highest BCUT2D eigenvalue weighted by Gasteiger charge is 2.33. The third kappa shape index (κ3) is 4.37. The molecule has 1 aromatic carbocycles. The minimum atomic E-state index is -0.672. The highest BCUT2D eigenvalue weighted by atomic mass is 32.2. The van der Waals surface area contributed by atoms with Crippen LogP contribution >= 0.6 is 23.1 Å². The normalized spacial score (nSPS) is 17.8. The molecule has 0 spiro atoms. The number of hydrogen-bond donors (Lipinski definition) is 1. The first-order chi connectivity index (χ1) is 16.4. The van der Waals surface area contributed by atoms with E-state index in [1.165, 1.54) is 11.8 Å². The van der Waals surface area contributed by atoms with Crippen LogP contribution in [0, 0.1) is 13.8 Å². The number of piperazine rings is 1. The third-order valence-corrected chi connectivity index (χ3v) is 8.02. The van der Waals surface area contributed by atoms with Gasteiger partial charge in [-0.25, -0.2) is 9.97 Å². The smallest absolute Gasteiger partial charge is 0.267 e. The van der Waals surface area contributed by atoms with E-state index in [2.05, 4.69) is 9.97 Å². The number of carbonyl (C=O) groups excluding carboxylic acids is 2.